The molecular weight excluding hydrogens is 280 g/mol. The molecule has 0 aliphatic carbocycles. The van der Waals surface area contributed by atoms with Crippen LogP contribution in [0, 0.1) is 17.6 Å². The second kappa shape index (κ2) is 5.60. The molecule has 0 radical (unpaired) electrons. The second-order valence-electron chi connectivity index (χ2n) is 5.70. The molecule has 0 aromatic heterocycles. The van der Waals surface area contributed by atoms with Crippen molar-refractivity contribution >= 4 is 5.91 Å². The summed E-state index contributed by atoms with van der Waals surface area (Å²) in [6.45, 7) is 4.10. The summed E-state index contributed by atoms with van der Waals surface area (Å²) in [5, 5.41) is 10.1. The molecule has 1 aromatic carbocycles. The van der Waals surface area contributed by atoms with E-state index >= 15 is 0 Å². The number of ether oxygens (including phenoxy) is 1. The smallest absolute Gasteiger partial charge is 0.260 e. The van der Waals surface area contributed by atoms with Crippen molar-refractivity contribution in [3.05, 3.63) is 29.3 Å². The maximum Gasteiger partial charge on any atom is 0.260 e. The summed E-state index contributed by atoms with van der Waals surface area (Å²) in [5.74, 6) is -3.06. The number of hydrogen-bond acceptors (Lipinski definition) is 3. The molecule has 1 N–H and O–H groups in total. The standard InChI is InChI=1S/C15H19F2NO3/c1-9-8-18(7-6-15(9,2)20)14(19)12-11(21-3)5-4-10(16)13(12)17/h4-5,9,20H,6-8H2,1-3H3/t9-,15+/m1/s1. The zero-order valence-electron chi connectivity index (χ0n) is 12.3. The van der Waals surface area contributed by atoms with E-state index in [4.69, 9.17) is 4.74 Å². The van der Waals surface area contributed by atoms with Crippen LogP contribution in [-0.4, -0.2) is 41.7 Å². The van der Waals surface area contributed by atoms with Crippen molar-refractivity contribution < 1.29 is 23.4 Å². The highest BCUT2D eigenvalue weighted by Crippen LogP contribution is 2.31. The molecule has 2 rings (SSSR count). The first kappa shape index (κ1) is 15.7. The zero-order chi connectivity index (χ0) is 15.8. The summed E-state index contributed by atoms with van der Waals surface area (Å²) >= 11 is 0. The molecule has 6 heteroatoms. The molecule has 0 spiro atoms. The fraction of sp³-hybridized carbons (Fsp3) is 0.533. The number of rotatable bonds is 2. The molecule has 0 bridgehead atoms. The molecular formula is C15H19F2NO3. The average Bonchev–Trinajstić information content (AvgIpc) is 2.44. The number of carbonyl (C=O) groups is 1. The molecule has 0 saturated carbocycles. The highest BCUT2D eigenvalue weighted by Gasteiger charge is 2.37. The lowest BCUT2D eigenvalue weighted by Crippen LogP contribution is -2.51. The van der Waals surface area contributed by atoms with Crippen molar-refractivity contribution in [3.8, 4) is 5.75 Å². The van der Waals surface area contributed by atoms with Crippen molar-refractivity contribution in [1.82, 2.24) is 4.90 Å². The van der Waals surface area contributed by atoms with Gasteiger partial charge in [-0.3, -0.25) is 4.79 Å². The Morgan fingerprint density at radius 2 is 2.14 bits per heavy atom. The average molecular weight is 299 g/mol. The van der Waals surface area contributed by atoms with Crippen LogP contribution in [0.4, 0.5) is 8.78 Å². The van der Waals surface area contributed by atoms with Crippen LogP contribution in [0.3, 0.4) is 0 Å². The lowest BCUT2D eigenvalue weighted by atomic mass is 9.83. The van der Waals surface area contributed by atoms with E-state index in [2.05, 4.69) is 0 Å². The Kier molecular flexibility index (Phi) is 4.18. The molecule has 0 unspecified atom stereocenters. The van der Waals surface area contributed by atoms with E-state index in [-0.39, 0.29) is 24.8 Å². The number of halogens is 2. The minimum Gasteiger partial charge on any atom is -0.496 e. The third-order valence-corrected chi connectivity index (χ3v) is 4.22. The molecule has 1 aliphatic rings. The number of hydrogen-bond donors (Lipinski definition) is 1. The predicted octanol–water partition coefficient (Wildman–Crippen LogP) is 2.21. The molecule has 4 nitrogen and oxygen atoms in total. The second-order valence-corrected chi connectivity index (χ2v) is 5.70. The number of aliphatic hydroxyl groups is 1. The van der Waals surface area contributed by atoms with Gasteiger partial charge in [-0.1, -0.05) is 6.92 Å². The monoisotopic (exact) mass is 299 g/mol. The first-order valence-electron chi connectivity index (χ1n) is 6.81. The Balaban J connectivity index is 2.31. The van der Waals surface area contributed by atoms with Gasteiger partial charge in [0.25, 0.3) is 5.91 Å². The van der Waals surface area contributed by atoms with E-state index in [0.29, 0.717) is 6.42 Å². The zero-order valence-corrected chi connectivity index (χ0v) is 12.3. The minimum atomic E-state index is -1.20. The van der Waals surface area contributed by atoms with Gasteiger partial charge in [0, 0.05) is 19.0 Å². The molecule has 116 valence electrons. The van der Waals surface area contributed by atoms with Gasteiger partial charge in [-0.05, 0) is 25.5 Å². The molecule has 1 aliphatic heterocycles. The van der Waals surface area contributed by atoms with E-state index in [1.165, 1.54) is 18.1 Å². The summed E-state index contributed by atoms with van der Waals surface area (Å²) in [4.78, 5) is 13.9. The van der Waals surface area contributed by atoms with Crippen molar-refractivity contribution in [3.63, 3.8) is 0 Å². The SMILES string of the molecule is COc1ccc(F)c(F)c1C(=O)N1CC[C@](C)(O)[C@H](C)C1. The normalized spacial score (nSPS) is 25.8. The number of methoxy groups -OCH3 is 1. The van der Waals surface area contributed by atoms with Crippen molar-refractivity contribution in [2.24, 2.45) is 5.92 Å². The molecule has 1 heterocycles. The van der Waals surface area contributed by atoms with Gasteiger partial charge in [0.1, 0.15) is 11.3 Å². The lowest BCUT2D eigenvalue weighted by Gasteiger charge is -2.41. The van der Waals surface area contributed by atoms with Crippen molar-refractivity contribution in [2.45, 2.75) is 25.9 Å². The van der Waals surface area contributed by atoms with E-state index in [9.17, 15) is 18.7 Å². The molecule has 1 fully saturated rings. The third kappa shape index (κ3) is 2.85. The van der Waals surface area contributed by atoms with Gasteiger partial charge in [0.15, 0.2) is 11.6 Å². The van der Waals surface area contributed by atoms with Crippen LogP contribution in [0.2, 0.25) is 0 Å². The van der Waals surface area contributed by atoms with Crippen molar-refractivity contribution in [2.75, 3.05) is 20.2 Å². The Labute approximate surface area is 122 Å². The number of likely N-dealkylation sites (tertiary alicyclic amines) is 1. The van der Waals surface area contributed by atoms with Crippen LogP contribution in [-0.2, 0) is 0 Å². The summed E-state index contributed by atoms with van der Waals surface area (Å²) in [6, 6.07) is 2.16. The first-order valence-corrected chi connectivity index (χ1v) is 6.81. The van der Waals surface area contributed by atoms with Gasteiger partial charge in [-0.25, -0.2) is 8.78 Å². The summed E-state index contributed by atoms with van der Waals surface area (Å²) < 4.78 is 32.3. The lowest BCUT2D eigenvalue weighted by molar-refractivity contribution is -0.0440. The van der Waals surface area contributed by atoms with Crippen molar-refractivity contribution in [1.29, 1.82) is 0 Å². The highest BCUT2D eigenvalue weighted by molar-refractivity contribution is 5.97. The summed E-state index contributed by atoms with van der Waals surface area (Å²) in [5.41, 5.74) is -1.26. The van der Waals surface area contributed by atoms with Gasteiger partial charge in [-0.2, -0.15) is 0 Å². The predicted molar refractivity (Wildman–Crippen MR) is 73.2 cm³/mol. The Morgan fingerprint density at radius 3 is 2.71 bits per heavy atom. The Hall–Kier alpha value is -1.69. The van der Waals surface area contributed by atoms with E-state index < -0.39 is 28.7 Å². The molecule has 21 heavy (non-hydrogen) atoms. The number of piperidine rings is 1. The summed E-state index contributed by atoms with van der Waals surface area (Å²) in [6.07, 6.45) is 0.388. The Bertz CT molecular complexity index is 560. The molecule has 2 atom stereocenters. The molecule has 1 saturated heterocycles. The molecule has 1 amide bonds. The van der Waals surface area contributed by atoms with Crippen LogP contribution in [0.15, 0.2) is 12.1 Å². The highest BCUT2D eigenvalue weighted by atomic mass is 19.2. The Morgan fingerprint density at radius 1 is 1.48 bits per heavy atom. The van der Waals surface area contributed by atoms with Gasteiger partial charge < -0.3 is 14.7 Å². The third-order valence-electron chi connectivity index (χ3n) is 4.22. The first-order chi connectivity index (χ1) is 9.77. The minimum absolute atomic E-state index is 0.00360. The van der Waals surface area contributed by atoms with Crippen LogP contribution in [0.25, 0.3) is 0 Å². The fourth-order valence-corrected chi connectivity index (χ4v) is 2.47. The van der Waals surface area contributed by atoms with Crippen LogP contribution < -0.4 is 4.74 Å². The van der Waals surface area contributed by atoms with Gasteiger partial charge in [0.05, 0.1) is 12.7 Å². The largest absolute Gasteiger partial charge is 0.496 e. The van der Waals surface area contributed by atoms with Gasteiger partial charge in [0.2, 0.25) is 0 Å². The van der Waals surface area contributed by atoms with E-state index in [0.717, 1.165) is 6.07 Å². The maximum atomic E-state index is 14.0. The van der Waals surface area contributed by atoms with E-state index in [1.807, 2.05) is 6.92 Å². The fourth-order valence-electron chi connectivity index (χ4n) is 2.47. The number of nitrogens with zero attached hydrogens (tertiary/aromatic N) is 1. The van der Waals surface area contributed by atoms with Crippen LogP contribution in [0.5, 0.6) is 5.75 Å². The van der Waals surface area contributed by atoms with Gasteiger partial charge >= 0.3 is 0 Å². The quantitative estimate of drug-likeness (QED) is 0.911. The summed E-state index contributed by atoms with van der Waals surface area (Å²) in [7, 11) is 1.30. The topological polar surface area (TPSA) is 49.8 Å². The van der Waals surface area contributed by atoms with E-state index in [1.54, 1.807) is 6.92 Å². The maximum absolute atomic E-state index is 14.0. The number of amides is 1. The molecule has 1 aromatic rings. The van der Waals surface area contributed by atoms with Crippen LogP contribution >= 0.6 is 0 Å². The number of benzene rings is 1. The van der Waals surface area contributed by atoms with Crippen LogP contribution in [0.1, 0.15) is 30.6 Å². The number of carbonyl (C=O) groups excluding carboxylic acids is 1. The van der Waals surface area contributed by atoms with Gasteiger partial charge in [-0.15, -0.1) is 0 Å².